The van der Waals surface area contributed by atoms with E-state index in [1.165, 1.54) is 0 Å². The third-order valence-corrected chi connectivity index (χ3v) is 4.01. The molecule has 0 amide bonds. The molecule has 0 aromatic carbocycles. The van der Waals surface area contributed by atoms with Crippen molar-refractivity contribution in [1.82, 2.24) is 14.9 Å². The molecule has 1 N–H and O–H groups in total. The highest BCUT2D eigenvalue weighted by Crippen LogP contribution is 2.27. The molecular weight excluding hydrogens is 311 g/mol. The highest BCUT2D eigenvalue weighted by Gasteiger charge is 2.36. The van der Waals surface area contributed by atoms with Gasteiger partial charge in [0.1, 0.15) is 11.5 Å². The maximum absolute atomic E-state index is 12.7. The minimum Gasteiger partial charge on any atom is -0.465 e. The molecule has 1 aliphatic rings. The van der Waals surface area contributed by atoms with Gasteiger partial charge >= 0.3 is 6.18 Å². The number of nitrogens with one attached hydrogen (secondary N) is 1. The van der Waals surface area contributed by atoms with Gasteiger partial charge in [-0.2, -0.15) is 13.2 Å². The Bertz CT molecular complexity index is 773. The van der Waals surface area contributed by atoms with Crippen LogP contribution in [0.1, 0.15) is 34.2 Å². The summed E-state index contributed by atoms with van der Waals surface area (Å²) in [5, 5.41) is 0. The van der Waals surface area contributed by atoms with Crippen LogP contribution in [-0.2, 0) is 25.7 Å². The molecule has 1 aliphatic heterocycles. The molecule has 0 fully saturated rings. The van der Waals surface area contributed by atoms with Gasteiger partial charge in [-0.3, -0.25) is 9.69 Å². The van der Waals surface area contributed by atoms with E-state index in [9.17, 15) is 18.0 Å². The lowest BCUT2D eigenvalue weighted by Gasteiger charge is -2.27. The van der Waals surface area contributed by atoms with E-state index in [0.29, 0.717) is 25.1 Å². The number of fused-ring (bicyclic) bond motifs is 1. The molecule has 0 spiro atoms. The number of aryl methyl sites for hydroxylation is 2. The Morgan fingerprint density at radius 3 is 2.74 bits per heavy atom. The largest absolute Gasteiger partial charge is 0.465 e. The Morgan fingerprint density at radius 1 is 1.39 bits per heavy atom. The first-order valence-electron chi connectivity index (χ1n) is 7.21. The molecule has 0 saturated carbocycles. The lowest BCUT2D eigenvalue weighted by molar-refractivity contribution is -0.145. The zero-order valence-electron chi connectivity index (χ0n) is 12.8. The minimum atomic E-state index is -4.64. The number of rotatable bonds is 2. The molecule has 124 valence electrons. The van der Waals surface area contributed by atoms with Crippen LogP contribution in [0.15, 0.2) is 15.3 Å². The van der Waals surface area contributed by atoms with Gasteiger partial charge in [-0.1, -0.05) is 0 Å². The van der Waals surface area contributed by atoms with Crippen molar-refractivity contribution in [3.05, 3.63) is 50.6 Å². The van der Waals surface area contributed by atoms with E-state index in [-0.39, 0.29) is 12.2 Å². The second-order valence-corrected chi connectivity index (χ2v) is 5.75. The van der Waals surface area contributed by atoms with E-state index >= 15 is 0 Å². The molecule has 0 radical (unpaired) electrons. The number of nitrogens with zero attached hydrogens (tertiary/aromatic N) is 2. The number of hydrogen-bond acceptors (Lipinski definition) is 4. The van der Waals surface area contributed by atoms with Gasteiger partial charge < -0.3 is 9.40 Å². The van der Waals surface area contributed by atoms with Crippen LogP contribution in [0.5, 0.6) is 0 Å². The summed E-state index contributed by atoms with van der Waals surface area (Å²) in [6.45, 7) is 5.11. The lowest BCUT2D eigenvalue weighted by Crippen LogP contribution is -2.36. The van der Waals surface area contributed by atoms with Crippen LogP contribution in [0.3, 0.4) is 0 Å². The normalized spacial score (nSPS) is 15.7. The first-order valence-corrected chi connectivity index (χ1v) is 7.21. The van der Waals surface area contributed by atoms with Crippen LogP contribution < -0.4 is 5.56 Å². The second-order valence-electron chi connectivity index (χ2n) is 5.75. The highest BCUT2D eigenvalue weighted by molar-refractivity contribution is 5.23. The van der Waals surface area contributed by atoms with Crippen LogP contribution in [0.2, 0.25) is 0 Å². The smallest absolute Gasteiger partial charge is 0.449 e. The van der Waals surface area contributed by atoms with E-state index in [0.717, 1.165) is 17.1 Å². The maximum atomic E-state index is 12.7. The van der Waals surface area contributed by atoms with Crippen LogP contribution in [0, 0.1) is 13.8 Å². The Morgan fingerprint density at radius 2 is 2.13 bits per heavy atom. The Hall–Kier alpha value is -2.09. The van der Waals surface area contributed by atoms with Crippen LogP contribution in [0.25, 0.3) is 0 Å². The van der Waals surface area contributed by atoms with Crippen molar-refractivity contribution in [2.45, 2.75) is 39.5 Å². The van der Waals surface area contributed by atoms with Gasteiger partial charge in [0.05, 0.1) is 17.8 Å². The summed E-state index contributed by atoms with van der Waals surface area (Å²) >= 11 is 0. The summed E-state index contributed by atoms with van der Waals surface area (Å²) in [5.41, 5.74) is 0.846. The van der Waals surface area contributed by atoms with Gasteiger partial charge in [0.25, 0.3) is 5.56 Å². The minimum absolute atomic E-state index is 0.226. The van der Waals surface area contributed by atoms with E-state index in [1.807, 2.05) is 29.8 Å². The van der Waals surface area contributed by atoms with Gasteiger partial charge in [-0.05, 0) is 25.5 Å². The molecule has 8 heteroatoms. The Kier molecular flexibility index (Phi) is 3.79. The molecule has 5 nitrogen and oxygen atoms in total. The van der Waals surface area contributed by atoms with Crippen molar-refractivity contribution >= 4 is 0 Å². The predicted molar refractivity (Wildman–Crippen MR) is 75.9 cm³/mol. The molecule has 23 heavy (non-hydrogen) atoms. The lowest BCUT2D eigenvalue weighted by atomic mass is 10.1. The fourth-order valence-electron chi connectivity index (χ4n) is 2.70. The summed E-state index contributed by atoms with van der Waals surface area (Å²) in [5.74, 6) is 0.387. The number of hydrogen-bond donors (Lipinski definition) is 1. The fourth-order valence-corrected chi connectivity index (χ4v) is 2.70. The van der Waals surface area contributed by atoms with Crippen molar-refractivity contribution in [2.75, 3.05) is 6.54 Å². The highest BCUT2D eigenvalue weighted by atomic mass is 19.4. The quantitative estimate of drug-likeness (QED) is 0.921. The number of aromatic amines is 1. The topological polar surface area (TPSA) is 62.1 Å². The molecule has 0 saturated heterocycles. The predicted octanol–water partition coefficient (Wildman–Crippen LogP) is 2.56. The SMILES string of the molecule is Cc1cc(CN2CCc3nc(C(F)(F)F)[nH]c(=O)c3C2)oc1C. The number of halogens is 3. The van der Waals surface area contributed by atoms with Crippen LogP contribution in [0.4, 0.5) is 13.2 Å². The van der Waals surface area contributed by atoms with E-state index in [4.69, 9.17) is 4.42 Å². The Labute approximate surface area is 130 Å². The molecule has 3 heterocycles. The van der Waals surface area contributed by atoms with Crippen molar-refractivity contribution in [2.24, 2.45) is 0 Å². The summed E-state index contributed by atoms with van der Waals surface area (Å²) in [7, 11) is 0. The number of furan rings is 1. The van der Waals surface area contributed by atoms with Crippen molar-refractivity contribution in [3.8, 4) is 0 Å². The molecule has 0 bridgehead atoms. The van der Waals surface area contributed by atoms with Crippen molar-refractivity contribution in [3.63, 3.8) is 0 Å². The number of alkyl halides is 3. The van der Waals surface area contributed by atoms with Crippen LogP contribution in [-0.4, -0.2) is 21.4 Å². The first-order chi connectivity index (χ1) is 10.7. The maximum Gasteiger partial charge on any atom is 0.449 e. The molecule has 0 aliphatic carbocycles. The van der Waals surface area contributed by atoms with Crippen LogP contribution >= 0.6 is 0 Å². The monoisotopic (exact) mass is 327 g/mol. The second kappa shape index (κ2) is 5.52. The number of H-pyrrole nitrogens is 1. The summed E-state index contributed by atoms with van der Waals surface area (Å²) in [6.07, 6.45) is -4.34. The molecule has 0 atom stereocenters. The molecule has 3 rings (SSSR count). The zero-order valence-corrected chi connectivity index (χ0v) is 12.8. The third-order valence-electron chi connectivity index (χ3n) is 4.01. The third kappa shape index (κ3) is 3.17. The standard InChI is InChI=1S/C15H16F3N3O2/c1-8-5-10(23-9(8)2)6-21-4-3-12-11(7-21)13(22)20-14(19-12)15(16,17)18/h5H,3-4,6-7H2,1-2H3,(H,19,20,22). The van der Waals surface area contributed by atoms with Gasteiger partial charge in [-0.25, -0.2) is 4.98 Å². The van der Waals surface area contributed by atoms with Gasteiger partial charge in [0.15, 0.2) is 0 Å². The number of aromatic nitrogens is 2. The molecule has 0 unspecified atom stereocenters. The van der Waals surface area contributed by atoms with E-state index in [2.05, 4.69) is 4.98 Å². The van der Waals surface area contributed by atoms with Gasteiger partial charge in [0, 0.05) is 19.5 Å². The molecular formula is C15H16F3N3O2. The average Bonchev–Trinajstić information content (AvgIpc) is 2.76. The van der Waals surface area contributed by atoms with Gasteiger partial charge in [-0.15, -0.1) is 0 Å². The average molecular weight is 327 g/mol. The molecule has 2 aromatic rings. The van der Waals surface area contributed by atoms with Gasteiger partial charge in [0.2, 0.25) is 5.82 Å². The zero-order chi connectivity index (χ0) is 16.8. The van der Waals surface area contributed by atoms with Crippen molar-refractivity contribution in [1.29, 1.82) is 0 Å². The molecule has 2 aromatic heterocycles. The summed E-state index contributed by atoms with van der Waals surface area (Å²) in [6, 6.07) is 1.93. The fraction of sp³-hybridized carbons (Fsp3) is 0.467. The summed E-state index contributed by atoms with van der Waals surface area (Å²) < 4.78 is 43.7. The Balaban J connectivity index is 1.82. The summed E-state index contributed by atoms with van der Waals surface area (Å²) in [4.78, 5) is 19.3. The van der Waals surface area contributed by atoms with E-state index < -0.39 is 17.6 Å². The van der Waals surface area contributed by atoms with Crippen molar-refractivity contribution < 1.29 is 17.6 Å². The first kappa shape index (κ1) is 15.8. The van der Waals surface area contributed by atoms with E-state index in [1.54, 1.807) is 0 Å².